The van der Waals surface area contributed by atoms with Gasteiger partial charge < -0.3 is 10.6 Å². The summed E-state index contributed by atoms with van der Waals surface area (Å²) in [5, 5.41) is 0. The summed E-state index contributed by atoms with van der Waals surface area (Å²) in [7, 11) is 2.13. The minimum absolute atomic E-state index is 0.715. The van der Waals surface area contributed by atoms with Gasteiger partial charge in [0, 0.05) is 43.5 Å². The summed E-state index contributed by atoms with van der Waals surface area (Å²) in [6, 6.07) is 9.92. The van der Waals surface area contributed by atoms with Crippen LogP contribution in [0.25, 0.3) is 0 Å². The maximum absolute atomic E-state index is 5.61. The first-order chi connectivity index (χ1) is 9.24. The summed E-state index contributed by atoms with van der Waals surface area (Å²) in [4.78, 5) is 10.9. The standard InChI is InChI=1S/C15H20N4/c1-19(10-7-14-4-2-3-9-17-14)11-8-15-6-5-13(16)12-18-15/h2-6,9,12H,7-8,10-11,16H2,1H3. The summed E-state index contributed by atoms with van der Waals surface area (Å²) in [6.45, 7) is 2.00. The maximum Gasteiger partial charge on any atom is 0.0501 e. The highest BCUT2D eigenvalue weighted by Crippen LogP contribution is 2.03. The van der Waals surface area contributed by atoms with Gasteiger partial charge in [-0.1, -0.05) is 6.07 Å². The molecule has 0 aromatic carbocycles. The number of anilines is 1. The number of hydrogen-bond donors (Lipinski definition) is 1. The number of hydrogen-bond acceptors (Lipinski definition) is 4. The lowest BCUT2D eigenvalue weighted by Gasteiger charge is -2.15. The van der Waals surface area contributed by atoms with E-state index in [0.717, 1.165) is 37.3 Å². The number of aromatic nitrogens is 2. The predicted octanol–water partition coefficient (Wildman–Crippen LogP) is 1.78. The fourth-order valence-corrected chi connectivity index (χ4v) is 1.85. The van der Waals surface area contributed by atoms with Crippen LogP contribution in [0.4, 0.5) is 5.69 Å². The van der Waals surface area contributed by atoms with Crippen molar-refractivity contribution in [2.24, 2.45) is 0 Å². The average Bonchev–Trinajstić information content (AvgIpc) is 2.45. The fraction of sp³-hybridized carbons (Fsp3) is 0.333. The Bertz CT molecular complexity index is 481. The predicted molar refractivity (Wildman–Crippen MR) is 77.8 cm³/mol. The molecule has 2 aromatic heterocycles. The second-order valence-electron chi connectivity index (χ2n) is 4.71. The first-order valence-corrected chi connectivity index (χ1v) is 6.53. The first kappa shape index (κ1) is 13.5. The SMILES string of the molecule is CN(CCc1ccccn1)CCc1ccc(N)cn1. The van der Waals surface area contributed by atoms with Crippen molar-refractivity contribution in [2.75, 3.05) is 25.9 Å². The summed E-state index contributed by atoms with van der Waals surface area (Å²) < 4.78 is 0. The summed E-state index contributed by atoms with van der Waals surface area (Å²) in [6.07, 6.45) is 5.47. The van der Waals surface area contributed by atoms with E-state index in [-0.39, 0.29) is 0 Å². The quantitative estimate of drug-likeness (QED) is 0.856. The zero-order valence-corrected chi connectivity index (χ0v) is 11.3. The van der Waals surface area contributed by atoms with Crippen molar-refractivity contribution in [1.82, 2.24) is 14.9 Å². The molecule has 0 saturated carbocycles. The molecule has 0 aliphatic heterocycles. The molecule has 0 fully saturated rings. The van der Waals surface area contributed by atoms with Crippen LogP contribution in [0.15, 0.2) is 42.7 Å². The third-order valence-corrected chi connectivity index (χ3v) is 3.07. The third-order valence-electron chi connectivity index (χ3n) is 3.07. The van der Waals surface area contributed by atoms with Crippen molar-refractivity contribution in [3.8, 4) is 0 Å². The molecule has 0 bridgehead atoms. The number of nitrogens with two attached hydrogens (primary N) is 1. The zero-order chi connectivity index (χ0) is 13.5. The molecule has 0 radical (unpaired) electrons. The summed E-state index contributed by atoms with van der Waals surface area (Å²) >= 11 is 0. The molecule has 2 rings (SSSR count). The molecule has 0 saturated heterocycles. The van der Waals surface area contributed by atoms with E-state index in [1.807, 2.05) is 30.5 Å². The van der Waals surface area contributed by atoms with Crippen LogP contribution in [-0.4, -0.2) is 35.0 Å². The van der Waals surface area contributed by atoms with Gasteiger partial charge in [-0.05, 0) is 31.3 Å². The Labute approximate surface area is 114 Å². The second-order valence-corrected chi connectivity index (χ2v) is 4.71. The van der Waals surface area contributed by atoms with E-state index in [0.29, 0.717) is 5.69 Å². The molecule has 2 aromatic rings. The van der Waals surface area contributed by atoms with E-state index in [2.05, 4.69) is 28.0 Å². The van der Waals surface area contributed by atoms with Crippen LogP contribution in [-0.2, 0) is 12.8 Å². The molecule has 0 unspecified atom stereocenters. The molecule has 4 nitrogen and oxygen atoms in total. The van der Waals surface area contributed by atoms with Gasteiger partial charge in [-0.25, -0.2) is 0 Å². The van der Waals surface area contributed by atoms with E-state index in [9.17, 15) is 0 Å². The van der Waals surface area contributed by atoms with Crippen LogP contribution in [0.1, 0.15) is 11.4 Å². The third kappa shape index (κ3) is 4.67. The molecule has 0 aliphatic rings. The van der Waals surface area contributed by atoms with Gasteiger partial charge in [-0.3, -0.25) is 9.97 Å². The molecule has 19 heavy (non-hydrogen) atoms. The Kier molecular flexibility index (Phi) is 4.86. The molecule has 0 spiro atoms. The highest BCUT2D eigenvalue weighted by Gasteiger charge is 2.01. The lowest BCUT2D eigenvalue weighted by atomic mass is 10.2. The van der Waals surface area contributed by atoms with Crippen LogP contribution < -0.4 is 5.73 Å². The van der Waals surface area contributed by atoms with Crippen LogP contribution in [0.2, 0.25) is 0 Å². The van der Waals surface area contributed by atoms with Gasteiger partial charge in [0.15, 0.2) is 0 Å². The van der Waals surface area contributed by atoms with Gasteiger partial charge in [0.05, 0.1) is 11.9 Å². The average molecular weight is 256 g/mol. The van der Waals surface area contributed by atoms with Crippen molar-refractivity contribution >= 4 is 5.69 Å². The van der Waals surface area contributed by atoms with Gasteiger partial charge in [0.1, 0.15) is 0 Å². The summed E-state index contributed by atoms with van der Waals surface area (Å²) in [5.74, 6) is 0. The molecule has 2 heterocycles. The fourth-order valence-electron chi connectivity index (χ4n) is 1.85. The monoisotopic (exact) mass is 256 g/mol. The van der Waals surface area contributed by atoms with Gasteiger partial charge in [-0.15, -0.1) is 0 Å². The lowest BCUT2D eigenvalue weighted by Crippen LogP contribution is -2.24. The van der Waals surface area contributed by atoms with Crippen molar-refractivity contribution in [2.45, 2.75) is 12.8 Å². The summed E-state index contributed by atoms with van der Waals surface area (Å²) in [5.41, 5.74) is 8.55. The molecule has 4 heteroatoms. The highest BCUT2D eigenvalue weighted by atomic mass is 15.1. The van der Waals surface area contributed by atoms with Crippen LogP contribution in [0.3, 0.4) is 0 Å². The number of nitrogen functional groups attached to an aromatic ring is 1. The number of likely N-dealkylation sites (N-methyl/N-ethyl adjacent to an activating group) is 1. The van der Waals surface area contributed by atoms with Crippen molar-refractivity contribution in [1.29, 1.82) is 0 Å². The Morgan fingerprint density at radius 1 is 1.00 bits per heavy atom. The van der Waals surface area contributed by atoms with E-state index >= 15 is 0 Å². The lowest BCUT2D eigenvalue weighted by molar-refractivity contribution is 0.340. The van der Waals surface area contributed by atoms with Crippen molar-refractivity contribution < 1.29 is 0 Å². The number of nitrogens with zero attached hydrogens (tertiary/aromatic N) is 3. The van der Waals surface area contributed by atoms with Gasteiger partial charge in [0.2, 0.25) is 0 Å². The van der Waals surface area contributed by atoms with E-state index in [4.69, 9.17) is 5.73 Å². The van der Waals surface area contributed by atoms with E-state index < -0.39 is 0 Å². The second kappa shape index (κ2) is 6.85. The Balaban J connectivity index is 1.72. The van der Waals surface area contributed by atoms with Gasteiger partial charge in [-0.2, -0.15) is 0 Å². The number of rotatable bonds is 6. The normalized spacial score (nSPS) is 10.8. The van der Waals surface area contributed by atoms with Gasteiger partial charge in [0.25, 0.3) is 0 Å². The minimum Gasteiger partial charge on any atom is -0.397 e. The first-order valence-electron chi connectivity index (χ1n) is 6.53. The van der Waals surface area contributed by atoms with Gasteiger partial charge >= 0.3 is 0 Å². The van der Waals surface area contributed by atoms with E-state index in [1.165, 1.54) is 0 Å². The largest absolute Gasteiger partial charge is 0.397 e. The molecule has 0 aliphatic carbocycles. The Morgan fingerprint density at radius 3 is 2.32 bits per heavy atom. The smallest absolute Gasteiger partial charge is 0.0501 e. The van der Waals surface area contributed by atoms with Crippen molar-refractivity contribution in [3.63, 3.8) is 0 Å². The highest BCUT2D eigenvalue weighted by molar-refractivity contribution is 5.34. The van der Waals surface area contributed by atoms with E-state index in [1.54, 1.807) is 6.20 Å². The molecule has 2 N–H and O–H groups in total. The molecule has 100 valence electrons. The molecule has 0 atom stereocenters. The van der Waals surface area contributed by atoms with Crippen LogP contribution in [0, 0.1) is 0 Å². The van der Waals surface area contributed by atoms with Crippen LogP contribution in [0.5, 0.6) is 0 Å². The molecule has 0 amide bonds. The maximum atomic E-state index is 5.61. The topological polar surface area (TPSA) is 55.0 Å². The van der Waals surface area contributed by atoms with Crippen molar-refractivity contribution in [3.05, 3.63) is 54.1 Å². The minimum atomic E-state index is 0.715. The Hall–Kier alpha value is -1.94. The van der Waals surface area contributed by atoms with Crippen LogP contribution >= 0.6 is 0 Å². The molecular formula is C15H20N4. The molecular weight excluding hydrogens is 236 g/mol. The number of pyridine rings is 2. The Morgan fingerprint density at radius 2 is 1.74 bits per heavy atom. The zero-order valence-electron chi connectivity index (χ0n) is 11.3.